The van der Waals surface area contributed by atoms with Gasteiger partial charge in [-0.2, -0.15) is 0 Å². The standard InChI is InChI=1S/C40H29N3/c1-3-11-30(12-4-1)36-27-37(42-40(41-36)32-13-5-2-6-14-32)31-21-19-28(20-22-31)29-23-25-33(26-24-29)43-38-17-9-7-15-34(38)35-16-8-10-18-39(35)43/h1-7,9-15,17-27H,8,16H2. The van der Waals surface area contributed by atoms with Crippen molar-refractivity contribution in [1.82, 2.24) is 14.5 Å². The van der Waals surface area contributed by atoms with Crippen LogP contribution in [0.5, 0.6) is 0 Å². The summed E-state index contributed by atoms with van der Waals surface area (Å²) in [5.41, 5.74) is 12.5. The first kappa shape index (κ1) is 25.2. The zero-order valence-corrected chi connectivity index (χ0v) is 23.7. The molecule has 0 saturated heterocycles. The Balaban J connectivity index is 1.14. The lowest BCUT2D eigenvalue weighted by Gasteiger charge is -2.13. The number of nitrogens with zero attached hydrogens (tertiary/aromatic N) is 3. The Kier molecular flexibility index (Phi) is 6.27. The Morgan fingerprint density at radius 1 is 0.512 bits per heavy atom. The first-order chi connectivity index (χ1) is 21.3. The largest absolute Gasteiger partial charge is 0.310 e. The molecule has 3 nitrogen and oxygen atoms in total. The van der Waals surface area contributed by atoms with E-state index in [9.17, 15) is 0 Å². The van der Waals surface area contributed by atoms with E-state index in [4.69, 9.17) is 9.97 Å². The van der Waals surface area contributed by atoms with Gasteiger partial charge in [0.15, 0.2) is 5.82 Å². The lowest BCUT2D eigenvalue weighted by molar-refractivity contribution is 0.967. The molecule has 0 bridgehead atoms. The maximum atomic E-state index is 4.98. The summed E-state index contributed by atoms with van der Waals surface area (Å²) in [7, 11) is 0. The average Bonchev–Trinajstić information content (AvgIpc) is 3.43. The molecule has 7 aromatic rings. The molecular weight excluding hydrogens is 522 g/mol. The lowest BCUT2D eigenvalue weighted by Crippen LogP contribution is -2.00. The minimum absolute atomic E-state index is 0.728. The van der Waals surface area contributed by atoms with Crippen molar-refractivity contribution < 1.29 is 0 Å². The molecule has 3 heteroatoms. The zero-order valence-electron chi connectivity index (χ0n) is 23.7. The molecule has 0 aliphatic heterocycles. The van der Waals surface area contributed by atoms with Gasteiger partial charge in [-0.05, 0) is 59.9 Å². The van der Waals surface area contributed by atoms with Crippen LogP contribution in [0.15, 0.2) is 146 Å². The van der Waals surface area contributed by atoms with Crippen molar-refractivity contribution in [3.63, 3.8) is 0 Å². The summed E-state index contributed by atoms with van der Waals surface area (Å²) in [5, 5.41) is 1.36. The Morgan fingerprint density at radius 3 is 1.77 bits per heavy atom. The Labute approximate surface area is 251 Å². The third kappa shape index (κ3) is 4.65. The molecule has 1 aliphatic carbocycles. The van der Waals surface area contributed by atoms with Crippen molar-refractivity contribution in [2.24, 2.45) is 0 Å². The highest BCUT2D eigenvalue weighted by Gasteiger charge is 2.18. The predicted molar refractivity (Wildman–Crippen MR) is 178 cm³/mol. The Hall–Kier alpha value is -5.54. The van der Waals surface area contributed by atoms with E-state index in [0.717, 1.165) is 46.7 Å². The number of aryl methyl sites for hydroxylation is 1. The maximum absolute atomic E-state index is 4.98. The summed E-state index contributed by atoms with van der Waals surface area (Å²) in [6.07, 6.45) is 6.77. The molecule has 0 unspecified atom stereocenters. The Morgan fingerprint density at radius 2 is 1.07 bits per heavy atom. The van der Waals surface area contributed by atoms with Crippen molar-refractivity contribution >= 4 is 17.0 Å². The van der Waals surface area contributed by atoms with E-state index >= 15 is 0 Å². The van der Waals surface area contributed by atoms with Gasteiger partial charge in [-0.15, -0.1) is 0 Å². The van der Waals surface area contributed by atoms with Gasteiger partial charge in [-0.25, -0.2) is 9.97 Å². The topological polar surface area (TPSA) is 30.7 Å². The molecule has 2 aromatic heterocycles. The second-order valence-electron chi connectivity index (χ2n) is 11.0. The molecule has 0 spiro atoms. The molecule has 0 atom stereocenters. The van der Waals surface area contributed by atoms with Crippen LogP contribution >= 0.6 is 0 Å². The molecule has 43 heavy (non-hydrogen) atoms. The molecular formula is C40H29N3. The van der Waals surface area contributed by atoms with Crippen LogP contribution in [-0.2, 0) is 6.42 Å². The van der Waals surface area contributed by atoms with E-state index in [0.29, 0.717) is 0 Å². The summed E-state index contributed by atoms with van der Waals surface area (Å²) in [5.74, 6) is 0.728. The SMILES string of the molecule is C1=Cc2c(c3ccccc3n2-c2ccc(-c3ccc(-c4cc(-c5ccccc5)nc(-c5ccccc5)n4)cc3)cc2)CC1. The minimum atomic E-state index is 0.728. The van der Waals surface area contributed by atoms with Crippen LogP contribution in [-0.4, -0.2) is 14.5 Å². The normalized spacial score (nSPS) is 12.4. The molecule has 8 rings (SSSR count). The average molecular weight is 552 g/mol. The number of allylic oxidation sites excluding steroid dienone is 1. The van der Waals surface area contributed by atoms with Crippen LogP contribution in [0, 0.1) is 0 Å². The fourth-order valence-electron chi connectivity index (χ4n) is 6.17. The molecule has 0 N–H and O–H groups in total. The number of para-hydroxylation sites is 1. The summed E-state index contributed by atoms with van der Waals surface area (Å²) < 4.78 is 2.40. The van der Waals surface area contributed by atoms with Crippen molar-refractivity contribution in [3.05, 3.63) is 157 Å². The van der Waals surface area contributed by atoms with Crippen LogP contribution in [0.3, 0.4) is 0 Å². The highest BCUT2D eigenvalue weighted by Crippen LogP contribution is 2.35. The van der Waals surface area contributed by atoms with E-state index in [2.05, 4.69) is 120 Å². The van der Waals surface area contributed by atoms with Crippen molar-refractivity contribution in [1.29, 1.82) is 0 Å². The quantitative estimate of drug-likeness (QED) is 0.213. The van der Waals surface area contributed by atoms with E-state index in [-0.39, 0.29) is 0 Å². The molecule has 204 valence electrons. The molecule has 2 heterocycles. The zero-order chi connectivity index (χ0) is 28.6. The first-order valence-corrected chi connectivity index (χ1v) is 14.8. The molecule has 5 aromatic carbocycles. The third-order valence-electron chi connectivity index (χ3n) is 8.32. The molecule has 0 amide bonds. The second kappa shape index (κ2) is 10.7. The Bertz CT molecular complexity index is 2030. The van der Waals surface area contributed by atoms with E-state index in [1.807, 2.05) is 36.4 Å². The van der Waals surface area contributed by atoms with E-state index in [1.165, 1.54) is 39.0 Å². The van der Waals surface area contributed by atoms with Crippen LogP contribution in [0.1, 0.15) is 17.7 Å². The van der Waals surface area contributed by atoms with Crippen LogP contribution in [0.4, 0.5) is 0 Å². The second-order valence-corrected chi connectivity index (χ2v) is 11.0. The number of fused-ring (bicyclic) bond motifs is 3. The molecule has 1 aliphatic rings. The third-order valence-corrected chi connectivity index (χ3v) is 8.32. The van der Waals surface area contributed by atoms with E-state index in [1.54, 1.807) is 0 Å². The predicted octanol–water partition coefficient (Wildman–Crippen LogP) is 10.0. The van der Waals surface area contributed by atoms with Gasteiger partial charge in [0, 0.05) is 33.5 Å². The summed E-state index contributed by atoms with van der Waals surface area (Å²) in [4.78, 5) is 9.90. The fraction of sp³-hybridized carbons (Fsp3) is 0.0500. The number of rotatable bonds is 5. The molecule has 0 radical (unpaired) electrons. The van der Waals surface area contributed by atoms with Gasteiger partial charge >= 0.3 is 0 Å². The molecule has 0 fully saturated rings. The van der Waals surface area contributed by atoms with Gasteiger partial charge in [0.25, 0.3) is 0 Å². The number of hydrogen-bond donors (Lipinski definition) is 0. The van der Waals surface area contributed by atoms with Crippen molar-refractivity contribution in [3.8, 4) is 50.7 Å². The van der Waals surface area contributed by atoms with Crippen LogP contribution in [0.25, 0.3) is 67.7 Å². The highest BCUT2D eigenvalue weighted by atomic mass is 15.0. The number of benzene rings is 5. The number of aromatic nitrogens is 3. The number of hydrogen-bond acceptors (Lipinski definition) is 2. The van der Waals surface area contributed by atoms with E-state index < -0.39 is 0 Å². The minimum Gasteiger partial charge on any atom is -0.310 e. The van der Waals surface area contributed by atoms with Crippen LogP contribution < -0.4 is 0 Å². The van der Waals surface area contributed by atoms with Gasteiger partial charge in [0.05, 0.1) is 16.9 Å². The van der Waals surface area contributed by atoms with Gasteiger partial charge < -0.3 is 4.57 Å². The molecule has 0 saturated carbocycles. The lowest BCUT2D eigenvalue weighted by atomic mass is 10.0. The van der Waals surface area contributed by atoms with Gasteiger partial charge in [0.1, 0.15) is 0 Å². The van der Waals surface area contributed by atoms with Crippen molar-refractivity contribution in [2.75, 3.05) is 0 Å². The van der Waals surface area contributed by atoms with Gasteiger partial charge in [-0.3, -0.25) is 0 Å². The summed E-state index contributed by atoms with van der Waals surface area (Å²) in [6, 6.07) is 49.0. The van der Waals surface area contributed by atoms with Crippen LogP contribution in [0.2, 0.25) is 0 Å². The maximum Gasteiger partial charge on any atom is 0.160 e. The highest BCUT2D eigenvalue weighted by molar-refractivity contribution is 5.90. The van der Waals surface area contributed by atoms with Crippen molar-refractivity contribution in [2.45, 2.75) is 12.8 Å². The fourth-order valence-corrected chi connectivity index (χ4v) is 6.17. The van der Waals surface area contributed by atoms with Gasteiger partial charge in [-0.1, -0.05) is 121 Å². The first-order valence-electron chi connectivity index (χ1n) is 14.8. The monoisotopic (exact) mass is 551 g/mol. The van der Waals surface area contributed by atoms with Gasteiger partial charge in [0.2, 0.25) is 0 Å². The smallest absolute Gasteiger partial charge is 0.160 e. The summed E-state index contributed by atoms with van der Waals surface area (Å²) in [6.45, 7) is 0. The summed E-state index contributed by atoms with van der Waals surface area (Å²) >= 11 is 0.